The number of nitriles is 1. The molecule has 2 rings (SSSR count). The van der Waals surface area contributed by atoms with Crippen LogP contribution in [0.25, 0.3) is 11.3 Å². The smallest absolute Gasteiger partial charge is 0.103 e. The largest absolute Gasteiger partial charge is 0.397 e. The molecule has 0 aliphatic rings. The second kappa shape index (κ2) is 4.86. The summed E-state index contributed by atoms with van der Waals surface area (Å²) < 4.78 is 0. The maximum Gasteiger partial charge on any atom is 0.103 e. The summed E-state index contributed by atoms with van der Waals surface area (Å²) in [5, 5.41) is 11.2. The third-order valence-corrected chi connectivity index (χ3v) is 3.37. The molecule has 0 saturated heterocycles. The predicted molar refractivity (Wildman–Crippen MR) is 72.1 cm³/mol. The summed E-state index contributed by atoms with van der Waals surface area (Å²) >= 11 is 1.52. The van der Waals surface area contributed by atoms with Crippen molar-refractivity contribution in [1.29, 1.82) is 5.26 Å². The van der Waals surface area contributed by atoms with E-state index in [4.69, 9.17) is 5.73 Å². The molecule has 1 aromatic carbocycles. The molecule has 0 spiro atoms. The summed E-state index contributed by atoms with van der Waals surface area (Å²) in [5.74, 6) is 0. The van der Waals surface area contributed by atoms with Crippen LogP contribution >= 0.6 is 11.3 Å². The van der Waals surface area contributed by atoms with E-state index in [0.717, 1.165) is 16.0 Å². The molecule has 0 radical (unpaired) electrons. The van der Waals surface area contributed by atoms with Crippen molar-refractivity contribution in [3.63, 3.8) is 0 Å². The fourth-order valence-corrected chi connectivity index (χ4v) is 2.36. The fourth-order valence-electron chi connectivity index (χ4n) is 1.63. The molecule has 0 bridgehead atoms. The van der Waals surface area contributed by atoms with Crippen molar-refractivity contribution in [3.05, 3.63) is 57.8 Å². The highest BCUT2D eigenvalue weighted by Gasteiger charge is 2.09. The third-order valence-electron chi connectivity index (χ3n) is 2.48. The molecule has 0 unspecified atom stereocenters. The molecule has 0 amide bonds. The van der Waals surface area contributed by atoms with E-state index in [1.54, 1.807) is 0 Å². The average molecular weight is 240 g/mol. The summed E-state index contributed by atoms with van der Waals surface area (Å²) in [4.78, 5) is 0.909. The summed E-state index contributed by atoms with van der Waals surface area (Å²) in [5.41, 5.74) is 9.19. The van der Waals surface area contributed by atoms with Gasteiger partial charge in [-0.15, -0.1) is 11.3 Å². The fraction of sp³-hybridized carbons (Fsp3) is 0.0714. The van der Waals surface area contributed by atoms with Crippen LogP contribution in [0, 0.1) is 18.3 Å². The number of benzene rings is 1. The molecule has 0 saturated carbocycles. The molecule has 2 aromatic rings. The van der Waals surface area contributed by atoms with Crippen LogP contribution in [0.3, 0.4) is 0 Å². The van der Waals surface area contributed by atoms with Crippen molar-refractivity contribution >= 4 is 22.6 Å². The molecule has 17 heavy (non-hydrogen) atoms. The van der Waals surface area contributed by atoms with Gasteiger partial charge in [0.25, 0.3) is 0 Å². The van der Waals surface area contributed by atoms with Gasteiger partial charge in [0.05, 0.1) is 11.3 Å². The van der Waals surface area contributed by atoms with E-state index in [-0.39, 0.29) is 0 Å². The van der Waals surface area contributed by atoms with Crippen molar-refractivity contribution in [2.45, 2.75) is 6.92 Å². The normalized spacial score (nSPS) is 11.8. The number of nitrogens with zero attached hydrogens (tertiary/aromatic N) is 1. The SMILES string of the molecule is Cc1cccc(/C(N)=C(/C#N)c2cccs2)c1. The lowest BCUT2D eigenvalue weighted by molar-refractivity contribution is 1.42. The Hall–Kier alpha value is -2.05. The van der Waals surface area contributed by atoms with E-state index in [2.05, 4.69) is 6.07 Å². The van der Waals surface area contributed by atoms with Gasteiger partial charge in [-0.1, -0.05) is 29.8 Å². The number of rotatable bonds is 2. The van der Waals surface area contributed by atoms with Gasteiger partial charge in [-0.2, -0.15) is 5.26 Å². The van der Waals surface area contributed by atoms with Crippen LogP contribution in [0.15, 0.2) is 41.8 Å². The highest BCUT2D eigenvalue weighted by atomic mass is 32.1. The summed E-state index contributed by atoms with van der Waals surface area (Å²) in [6, 6.07) is 13.9. The molecule has 2 N–H and O–H groups in total. The van der Waals surface area contributed by atoms with Crippen molar-refractivity contribution in [3.8, 4) is 6.07 Å². The number of nitrogens with two attached hydrogens (primary N) is 1. The molecule has 0 aliphatic heterocycles. The maximum atomic E-state index is 9.22. The van der Waals surface area contributed by atoms with Crippen LogP contribution in [0.1, 0.15) is 16.0 Å². The van der Waals surface area contributed by atoms with Crippen molar-refractivity contribution in [2.24, 2.45) is 5.73 Å². The molecule has 2 nitrogen and oxygen atoms in total. The van der Waals surface area contributed by atoms with Crippen molar-refractivity contribution in [2.75, 3.05) is 0 Å². The van der Waals surface area contributed by atoms with E-state index in [1.807, 2.05) is 48.7 Å². The van der Waals surface area contributed by atoms with Crippen LogP contribution in [0.2, 0.25) is 0 Å². The number of hydrogen-bond acceptors (Lipinski definition) is 3. The van der Waals surface area contributed by atoms with Gasteiger partial charge in [0.15, 0.2) is 0 Å². The highest BCUT2D eigenvalue weighted by molar-refractivity contribution is 7.11. The van der Waals surface area contributed by atoms with Gasteiger partial charge in [-0.05, 0) is 30.0 Å². The van der Waals surface area contributed by atoms with Crippen LogP contribution in [-0.4, -0.2) is 0 Å². The Bertz CT molecular complexity index is 589. The van der Waals surface area contributed by atoms with Gasteiger partial charge in [-0.25, -0.2) is 0 Å². The Morgan fingerprint density at radius 3 is 2.71 bits per heavy atom. The minimum Gasteiger partial charge on any atom is -0.397 e. The van der Waals surface area contributed by atoms with Crippen molar-refractivity contribution < 1.29 is 0 Å². The molecular formula is C14H12N2S. The zero-order chi connectivity index (χ0) is 12.3. The minimum absolute atomic E-state index is 0.540. The first-order valence-electron chi connectivity index (χ1n) is 5.23. The second-order valence-electron chi connectivity index (χ2n) is 3.75. The van der Waals surface area contributed by atoms with E-state index in [0.29, 0.717) is 11.3 Å². The number of thiophene rings is 1. The first kappa shape index (κ1) is 11.4. The molecule has 0 fully saturated rings. The lowest BCUT2D eigenvalue weighted by atomic mass is 10.0. The Kier molecular flexibility index (Phi) is 3.27. The molecule has 1 aromatic heterocycles. The van der Waals surface area contributed by atoms with Gasteiger partial charge >= 0.3 is 0 Å². The van der Waals surface area contributed by atoms with Crippen molar-refractivity contribution in [1.82, 2.24) is 0 Å². The Morgan fingerprint density at radius 1 is 1.29 bits per heavy atom. The van der Waals surface area contributed by atoms with E-state index < -0.39 is 0 Å². The van der Waals surface area contributed by atoms with Crippen LogP contribution in [0.5, 0.6) is 0 Å². The summed E-state index contributed by atoms with van der Waals surface area (Å²) in [6.07, 6.45) is 0. The molecular weight excluding hydrogens is 228 g/mol. The minimum atomic E-state index is 0.540. The Morgan fingerprint density at radius 2 is 2.12 bits per heavy atom. The summed E-state index contributed by atoms with van der Waals surface area (Å²) in [7, 11) is 0. The first-order chi connectivity index (χ1) is 8.22. The van der Waals surface area contributed by atoms with E-state index in [1.165, 1.54) is 11.3 Å². The number of hydrogen-bond donors (Lipinski definition) is 1. The molecule has 1 heterocycles. The lowest BCUT2D eigenvalue weighted by Gasteiger charge is -2.05. The predicted octanol–water partition coefficient (Wildman–Crippen LogP) is 3.41. The highest BCUT2D eigenvalue weighted by Crippen LogP contribution is 2.25. The van der Waals surface area contributed by atoms with Gasteiger partial charge in [0.1, 0.15) is 6.07 Å². The molecule has 3 heteroatoms. The quantitative estimate of drug-likeness (QED) is 0.818. The number of aryl methyl sites for hydroxylation is 1. The topological polar surface area (TPSA) is 49.8 Å². The second-order valence-corrected chi connectivity index (χ2v) is 4.69. The molecule has 0 atom stereocenters. The third kappa shape index (κ3) is 2.38. The maximum absolute atomic E-state index is 9.22. The van der Waals surface area contributed by atoms with Gasteiger partial charge in [0, 0.05) is 4.88 Å². The van der Waals surface area contributed by atoms with E-state index >= 15 is 0 Å². The number of allylic oxidation sites excluding steroid dienone is 1. The monoisotopic (exact) mass is 240 g/mol. The standard InChI is InChI=1S/C14H12N2S/c1-10-4-2-5-11(8-10)14(16)12(9-15)13-6-3-7-17-13/h2-8H,16H2,1H3/b14-12+. The van der Waals surface area contributed by atoms with Gasteiger partial charge in [-0.3, -0.25) is 0 Å². The Balaban J connectivity index is 2.54. The van der Waals surface area contributed by atoms with Crippen LogP contribution < -0.4 is 5.73 Å². The average Bonchev–Trinajstić information content (AvgIpc) is 2.83. The Labute approximate surface area is 105 Å². The van der Waals surface area contributed by atoms with Crippen LogP contribution in [-0.2, 0) is 0 Å². The molecule has 84 valence electrons. The van der Waals surface area contributed by atoms with Gasteiger partial charge < -0.3 is 5.73 Å². The molecule has 0 aliphatic carbocycles. The van der Waals surface area contributed by atoms with E-state index in [9.17, 15) is 5.26 Å². The van der Waals surface area contributed by atoms with Gasteiger partial charge in [0.2, 0.25) is 0 Å². The first-order valence-corrected chi connectivity index (χ1v) is 6.11. The lowest BCUT2D eigenvalue weighted by Crippen LogP contribution is -2.00. The summed E-state index contributed by atoms with van der Waals surface area (Å²) in [6.45, 7) is 2.01. The zero-order valence-corrected chi connectivity index (χ0v) is 10.3. The zero-order valence-electron chi connectivity index (χ0n) is 9.47. The van der Waals surface area contributed by atoms with Crippen LogP contribution in [0.4, 0.5) is 0 Å².